The summed E-state index contributed by atoms with van der Waals surface area (Å²) in [6.45, 7) is 14.8. The number of rotatable bonds is 13. The number of carbonyl (C=O) groups excluding carboxylic acids is 2. The van der Waals surface area contributed by atoms with Gasteiger partial charge in [0.1, 0.15) is 23.1 Å². The number of hydrogen-bond donors (Lipinski definition) is 1. The second kappa shape index (κ2) is 14.9. The van der Waals surface area contributed by atoms with Crippen LogP contribution in [0.4, 0.5) is 0 Å². The first-order valence-electron chi connectivity index (χ1n) is 15.7. The van der Waals surface area contributed by atoms with Crippen LogP contribution >= 0.6 is 34.8 Å². The van der Waals surface area contributed by atoms with Gasteiger partial charge in [-0.25, -0.2) is 8.42 Å². The van der Waals surface area contributed by atoms with Crippen LogP contribution in [0.25, 0.3) is 0 Å². The zero-order chi connectivity index (χ0) is 33.1. The van der Waals surface area contributed by atoms with Crippen LogP contribution in [0.3, 0.4) is 0 Å². The molecule has 2 amide bonds. The van der Waals surface area contributed by atoms with Crippen LogP contribution in [-0.2, 0) is 26.0 Å². The fraction of sp³-hybridized carbons (Fsp3) is 0.562. The highest BCUT2D eigenvalue weighted by molar-refractivity contribution is 7.89. The zero-order valence-electron chi connectivity index (χ0n) is 26.7. The lowest BCUT2D eigenvalue weighted by molar-refractivity contribution is -0.923. The summed E-state index contributed by atoms with van der Waals surface area (Å²) in [7, 11) is -4.22. The van der Waals surface area contributed by atoms with E-state index in [9.17, 15) is 18.0 Å². The highest BCUT2D eigenvalue weighted by Crippen LogP contribution is 2.35. The number of nitrogens with one attached hydrogen (secondary N) is 1. The van der Waals surface area contributed by atoms with Crippen molar-refractivity contribution in [2.75, 3.05) is 45.8 Å². The van der Waals surface area contributed by atoms with E-state index in [1.807, 2.05) is 26.0 Å². The lowest BCUT2D eigenvalue weighted by atomic mass is 9.96. The number of benzene rings is 2. The van der Waals surface area contributed by atoms with Gasteiger partial charge in [-0.2, -0.15) is 4.31 Å². The standard InChI is InChI=1S/C32H45Cl3N5O4S/c1-6-40(7-2,8-3)17-9-16-36-27-20-38(45(43,44)29-15-14-25(34)19-26(29)35)30-21-37(22(4)5)32(42)28(39(30)31(27)41)18-23-10-12-24(33)13-11-23/h10-15,19,22,27-28,30,36H,6-9,16-18,20-21H2,1-5H3/q+1. The monoisotopic (exact) mass is 700 g/mol. The Morgan fingerprint density at radius 3 is 2.11 bits per heavy atom. The van der Waals surface area contributed by atoms with Gasteiger partial charge in [0, 0.05) is 42.0 Å². The summed E-state index contributed by atoms with van der Waals surface area (Å²) in [4.78, 5) is 31.4. The summed E-state index contributed by atoms with van der Waals surface area (Å²) in [5, 5.41) is 4.23. The Bertz CT molecular complexity index is 1460. The average Bonchev–Trinajstić information content (AvgIpc) is 3.00. The molecule has 3 atom stereocenters. The fourth-order valence-corrected chi connectivity index (χ4v) is 8.97. The van der Waals surface area contributed by atoms with E-state index in [1.54, 1.807) is 17.0 Å². The maximum absolute atomic E-state index is 14.4. The third kappa shape index (κ3) is 7.64. The molecule has 4 rings (SSSR count). The van der Waals surface area contributed by atoms with Crippen LogP contribution in [0.5, 0.6) is 0 Å². The minimum absolute atomic E-state index is 0.00594. The van der Waals surface area contributed by atoms with E-state index in [0.717, 1.165) is 42.6 Å². The summed E-state index contributed by atoms with van der Waals surface area (Å²) in [5.41, 5.74) is 0.813. The first-order valence-corrected chi connectivity index (χ1v) is 18.3. The molecule has 2 saturated heterocycles. The first kappa shape index (κ1) is 35.9. The fourth-order valence-electron chi connectivity index (χ4n) is 6.51. The SMILES string of the molecule is CC[N+](CC)(CC)CCCNC1CN(S(=O)(=O)c2ccc(Cl)cc2Cl)C2CN(C(C)C)C(=O)C(Cc3ccc(Cl)cc3)N2C1=O. The van der Waals surface area contributed by atoms with Gasteiger partial charge in [-0.1, -0.05) is 46.9 Å². The van der Waals surface area contributed by atoms with Crippen molar-refractivity contribution in [2.24, 2.45) is 0 Å². The smallest absolute Gasteiger partial charge is 0.246 e. The number of carbonyl (C=O) groups is 2. The lowest BCUT2D eigenvalue weighted by Gasteiger charge is -2.54. The molecule has 248 valence electrons. The van der Waals surface area contributed by atoms with Crippen molar-refractivity contribution in [2.45, 2.75) is 76.6 Å². The number of sulfonamides is 1. The molecule has 9 nitrogen and oxygen atoms in total. The Morgan fingerprint density at radius 1 is 0.911 bits per heavy atom. The second-order valence-corrected chi connectivity index (χ2v) is 15.3. The van der Waals surface area contributed by atoms with E-state index in [4.69, 9.17) is 34.8 Å². The van der Waals surface area contributed by atoms with Gasteiger partial charge in [0.15, 0.2) is 0 Å². The Kier molecular flexibility index (Phi) is 11.9. The summed E-state index contributed by atoms with van der Waals surface area (Å²) < 4.78 is 31.1. The van der Waals surface area contributed by atoms with Crippen molar-refractivity contribution >= 4 is 56.6 Å². The summed E-state index contributed by atoms with van der Waals surface area (Å²) in [6.07, 6.45) is 0.106. The molecule has 2 aliphatic heterocycles. The van der Waals surface area contributed by atoms with Crippen molar-refractivity contribution in [3.8, 4) is 0 Å². The predicted molar refractivity (Wildman–Crippen MR) is 180 cm³/mol. The minimum Gasteiger partial charge on any atom is -0.335 e. The van der Waals surface area contributed by atoms with Gasteiger partial charge in [0.25, 0.3) is 0 Å². The number of halogens is 3. The largest absolute Gasteiger partial charge is 0.335 e. The van der Waals surface area contributed by atoms with Crippen LogP contribution < -0.4 is 5.32 Å². The highest BCUT2D eigenvalue weighted by atomic mass is 35.5. The first-order chi connectivity index (χ1) is 21.3. The van der Waals surface area contributed by atoms with Crippen molar-refractivity contribution < 1.29 is 22.5 Å². The van der Waals surface area contributed by atoms with Crippen LogP contribution in [0.1, 0.15) is 46.6 Å². The molecule has 2 heterocycles. The molecule has 0 aliphatic carbocycles. The van der Waals surface area contributed by atoms with Crippen LogP contribution in [0, 0.1) is 0 Å². The van der Waals surface area contributed by atoms with Gasteiger partial charge in [0.05, 0.1) is 37.7 Å². The molecule has 0 saturated carbocycles. The maximum atomic E-state index is 14.4. The Morgan fingerprint density at radius 2 is 1.53 bits per heavy atom. The molecule has 45 heavy (non-hydrogen) atoms. The Labute approximate surface area is 283 Å². The third-order valence-electron chi connectivity index (χ3n) is 9.49. The van der Waals surface area contributed by atoms with E-state index in [0.29, 0.717) is 16.6 Å². The van der Waals surface area contributed by atoms with Crippen LogP contribution in [0.2, 0.25) is 15.1 Å². The molecule has 0 radical (unpaired) electrons. The molecule has 1 N–H and O–H groups in total. The van der Waals surface area contributed by atoms with Gasteiger partial charge in [-0.05, 0) is 70.5 Å². The third-order valence-corrected chi connectivity index (χ3v) is 12.3. The molecule has 2 fully saturated rings. The molecular formula is C32H45Cl3N5O4S+. The van der Waals surface area contributed by atoms with Gasteiger partial charge in [-0.15, -0.1) is 0 Å². The van der Waals surface area contributed by atoms with Gasteiger partial charge in [-0.3, -0.25) is 9.59 Å². The van der Waals surface area contributed by atoms with E-state index in [-0.39, 0.29) is 47.3 Å². The number of quaternary nitrogens is 1. The number of nitrogens with zero attached hydrogens (tertiary/aromatic N) is 4. The predicted octanol–water partition coefficient (Wildman–Crippen LogP) is 4.89. The molecular weight excluding hydrogens is 657 g/mol. The molecule has 0 aromatic heterocycles. The molecule has 3 unspecified atom stereocenters. The average molecular weight is 702 g/mol. The molecule has 0 spiro atoms. The Balaban J connectivity index is 1.74. The van der Waals surface area contributed by atoms with Gasteiger partial charge in [0.2, 0.25) is 21.8 Å². The summed E-state index contributed by atoms with van der Waals surface area (Å²) in [6, 6.07) is 9.43. The summed E-state index contributed by atoms with van der Waals surface area (Å²) >= 11 is 18.7. The van der Waals surface area contributed by atoms with Crippen LogP contribution in [-0.4, -0.2) is 109 Å². The highest BCUT2D eigenvalue weighted by Gasteiger charge is 2.54. The zero-order valence-corrected chi connectivity index (χ0v) is 29.8. The summed E-state index contributed by atoms with van der Waals surface area (Å²) in [5.74, 6) is -0.505. The van der Waals surface area contributed by atoms with Gasteiger partial charge >= 0.3 is 0 Å². The lowest BCUT2D eigenvalue weighted by Crippen LogP contribution is -2.76. The number of amides is 2. The molecule has 13 heteroatoms. The normalized spacial score (nSPS) is 21.5. The van der Waals surface area contributed by atoms with E-state index in [2.05, 4.69) is 26.1 Å². The molecule has 0 bridgehead atoms. The molecule has 2 aromatic carbocycles. The topological polar surface area (TPSA) is 90.0 Å². The van der Waals surface area contributed by atoms with Crippen molar-refractivity contribution in [3.05, 3.63) is 63.1 Å². The van der Waals surface area contributed by atoms with E-state index < -0.39 is 28.3 Å². The van der Waals surface area contributed by atoms with Crippen molar-refractivity contribution in [3.63, 3.8) is 0 Å². The van der Waals surface area contributed by atoms with Crippen molar-refractivity contribution in [1.82, 2.24) is 19.4 Å². The number of fused-ring (bicyclic) bond motifs is 1. The minimum atomic E-state index is -4.22. The maximum Gasteiger partial charge on any atom is 0.246 e. The number of piperazine rings is 1. The quantitative estimate of drug-likeness (QED) is 0.237. The van der Waals surface area contributed by atoms with Crippen molar-refractivity contribution in [1.29, 1.82) is 0 Å². The second-order valence-electron chi connectivity index (χ2n) is 12.2. The molecule has 2 aromatic rings. The van der Waals surface area contributed by atoms with Crippen LogP contribution in [0.15, 0.2) is 47.4 Å². The van der Waals surface area contributed by atoms with Gasteiger partial charge < -0.3 is 19.6 Å². The number of hydrogen-bond acceptors (Lipinski definition) is 5. The Hall–Kier alpha value is -1.92. The van der Waals surface area contributed by atoms with E-state index in [1.165, 1.54) is 27.4 Å². The molecule has 2 aliphatic rings. The van der Waals surface area contributed by atoms with E-state index >= 15 is 0 Å².